The fraction of sp³-hybridized carbons (Fsp3) is 0.222. The molecule has 6 rings (SSSR count). The molecule has 2 aliphatic rings. The highest BCUT2D eigenvalue weighted by atomic mass is 35.5. The number of ketones is 1. The monoisotopic (exact) mass is 501 g/mol. The van der Waals surface area contributed by atoms with Crippen molar-refractivity contribution in [3.63, 3.8) is 0 Å². The Balaban J connectivity index is 1.40. The van der Waals surface area contributed by atoms with Crippen LogP contribution in [0, 0.1) is 0 Å². The normalized spacial score (nSPS) is 19.5. The van der Waals surface area contributed by atoms with Gasteiger partial charge in [0, 0.05) is 38.0 Å². The highest BCUT2D eigenvalue weighted by Crippen LogP contribution is 2.43. The second-order valence-corrected chi connectivity index (χ2v) is 9.80. The number of hydrogen-bond acceptors (Lipinski definition) is 6. The molecule has 0 saturated carbocycles. The molecule has 1 unspecified atom stereocenters. The minimum Gasteiger partial charge on any atom is -0.457 e. The number of carbonyl (C=O) groups excluding carboxylic acids is 2. The predicted octanol–water partition coefficient (Wildman–Crippen LogP) is 4.70. The number of aromatic nitrogens is 2. The summed E-state index contributed by atoms with van der Waals surface area (Å²) in [6.07, 6.45) is 3.98. The van der Waals surface area contributed by atoms with Crippen LogP contribution in [0.15, 0.2) is 60.9 Å². The predicted molar refractivity (Wildman–Crippen MR) is 139 cm³/mol. The summed E-state index contributed by atoms with van der Waals surface area (Å²) >= 11 is 6.56. The van der Waals surface area contributed by atoms with Crippen LogP contribution >= 0.6 is 11.6 Å². The Morgan fingerprint density at radius 2 is 1.92 bits per heavy atom. The third kappa shape index (κ3) is 3.53. The van der Waals surface area contributed by atoms with Crippen molar-refractivity contribution in [2.24, 2.45) is 0 Å². The van der Waals surface area contributed by atoms with Crippen molar-refractivity contribution < 1.29 is 14.3 Å². The number of hydrogen-bond donors (Lipinski definition) is 2. The zero-order valence-corrected chi connectivity index (χ0v) is 20.6. The minimum atomic E-state index is -0.740. The first kappa shape index (κ1) is 22.6. The fourth-order valence-corrected chi connectivity index (χ4v) is 5.42. The van der Waals surface area contributed by atoms with E-state index in [9.17, 15) is 9.59 Å². The Hall–Kier alpha value is -3.88. The number of halogens is 1. The Morgan fingerprint density at radius 1 is 1.11 bits per heavy atom. The van der Waals surface area contributed by atoms with Gasteiger partial charge in [0.25, 0.3) is 5.91 Å². The first-order chi connectivity index (χ1) is 17.4. The Labute approximate surface area is 212 Å². The van der Waals surface area contributed by atoms with Gasteiger partial charge >= 0.3 is 0 Å². The number of rotatable bonds is 4. The van der Waals surface area contributed by atoms with Crippen molar-refractivity contribution in [1.82, 2.24) is 14.9 Å². The second kappa shape index (κ2) is 8.36. The van der Waals surface area contributed by atoms with E-state index < -0.39 is 5.54 Å². The molecule has 1 amide bonds. The van der Waals surface area contributed by atoms with Gasteiger partial charge in [-0.1, -0.05) is 29.8 Å². The van der Waals surface area contributed by atoms with Crippen LogP contribution in [-0.2, 0) is 4.79 Å². The molecule has 4 aromatic rings. The molecule has 182 valence electrons. The number of H-pyrrole nitrogens is 1. The maximum Gasteiger partial charge on any atom is 0.253 e. The van der Waals surface area contributed by atoms with Gasteiger partial charge in [0.15, 0.2) is 5.78 Å². The van der Waals surface area contributed by atoms with Gasteiger partial charge in [0.2, 0.25) is 0 Å². The molecule has 1 atom stereocenters. The average molecular weight is 502 g/mol. The molecule has 8 nitrogen and oxygen atoms in total. The van der Waals surface area contributed by atoms with Crippen LogP contribution in [0.2, 0.25) is 5.02 Å². The Morgan fingerprint density at radius 3 is 2.64 bits per heavy atom. The molecule has 36 heavy (non-hydrogen) atoms. The summed E-state index contributed by atoms with van der Waals surface area (Å²) in [4.78, 5) is 38.4. The topological polar surface area (TPSA) is 90.6 Å². The molecule has 2 aromatic carbocycles. The highest BCUT2D eigenvalue weighted by Gasteiger charge is 2.49. The van der Waals surface area contributed by atoms with Gasteiger partial charge in [-0.25, -0.2) is 4.98 Å². The standard InChI is InChI=1S/C27H24ClN5O3/c1-32-11-10-27(15-32)26(35)33(2)21-14-30-25-22(23(21)31-27)19(13-29-25)24(34)18-9-8-17(12-20(18)28)36-16-6-4-3-5-7-16/h3-9,12-14,31H,10-11,15H2,1-2H3,(H,29,30). The molecule has 1 fully saturated rings. The van der Waals surface area contributed by atoms with Gasteiger partial charge in [-0.2, -0.15) is 0 Å². The molecule has 2 N–H and O–H groups in total. The number of benzene rings is 2. The smallest absolute Gasteiger partial charge is 0.253 e. The van der Waals surface area contributed by atoms with Crippen LogP contribution in [0.5, 0.6) is 11.5 Å². The van der Waals surface area contributed by atoms with Crippen LogP contribution in [0.4, 0.5) is 11.4 Å². The maximum atomic E-state index is 13.7. The molecule has 0 radical (unpaired) electrons. The van der Waals surface area contributed by atoms with Gasteiger partial charge in [-0.15, -0.1) is 0 Å². The van der Waals surface area contributed by atoms with Crippen LogP contribution < -0.4 is 15.0 Å². The summed E-state index contributed by atoms with van der Waals surface area (Å²) in [5.41, 5.74) is 1.97. The zero-order valence-electron chi connectivity index (χ0n) is 19.8. The number of carbonyl (C=O) groups is 2. The van der Waals surface area contributed by atoms with E-state index in [-0.39, 0.29) is 16.7 Å². The first-order valence-electron chi connectivity index (χ1n) is 11.7. The Bertz CT molecular complexity index is 1520. The SMILES string of the molecule is CN1CCC2(C1)Nc1c(cnc3[nH]cc(C(=O)c4ccc(Oc5ccccc5)cc4Cl)c13)N(C)C2=O. The Kier molecular flexibility index (Phi) is 5.24. The second-order valence-electron chi connectivity index (χ2n) is 9.39. The fourth-order valence-electron chi connectivity index (χ4n) is 5.16. The molecular weight excluding hydrogens is 478 g/mol. The van der Waals surface area contributed by atoms with E-state index >= 15 is 0 Å². The quantitative estimate of drug-likeness (QED) is 0.394. The summed E-state index contributed by atoms with van der Waals surface area (Å²) < 4.78 is 5.85. The van der Waals surface area contributed by atoms with E-state index in [1.54, 1.807) is 42.5 Å². The first-order valence-corrected chi connectivity index (χ1v) is 12.1. The summed E-state index contributed by atoms with van der Waals surface area (Å²) in [5.74, 6) is 0.973. The molecule has 4 heterocycles. The van der Waals surface area contributed by atoms with E-state index in [4.69, 9.17) is 16.3 Å². The van der Waals surface area contributed by atoms with Crippen LogP contribution in [0.1, 0.15) is 22.3 Å². The molecule has 0 aliphatic carbocycles. The maximum absolute atomic E-state index is 13.7. The molecular formula is C27H24ClN5O3. The number of aromatic amines is 1. The van der Waals surface area contributed by atoms with Crippen molar-refractivity contribution in [1.29, 1.82) is 0 Å². The lowest BCUT2D eigenvalue weighted by Crippen LogP contribution is -2.57. The molecule has 1 spiro atoms. The molecule has 0 bridgehead atoms. The number of pyridine rings is 1. The number of likely N-dealkylation sites (N-methyl/N-ethyl adjacent to an activating group) is 2. The molecule has 1 saturated heterocycles. The lowest BCUT2D eigenvalue weighted by atomic mass is 9.91. The highest BCUT2D eigenvalue weighted by molar-refractivity contribution is 6.36. The van der Waals surface area contributed by atoms with E-state index in [0.717, 1.165) is 12.2 Å². The molecule has 2 aromatic heterocycles. The molecule has 9 heteroatoms. The summed E-state index contributed by atoms with van der Waals surface area (Å²) in [5, 5.41) is 4.44. The van der Waals surface area contributed by atoms with Gasteiger partial charge in [0.1, 0.15) is 22.7 Å². The van der Waals surface area contributed by atoms with Crippen molar-refractivity contribution in [2.75, 3.05) is 37.4 Å². The van der Waals surface area contributed by atoms with E-state index in [1.165, 1.54) is 0 Å². The number of nitrogens with one attached hydrogen (secondary N) is 2. The number of amides is 1. The van der Waals surface area contributed by atoms with Crippen molar-refractivity contribution in [2.45, 2.75) is 12.0 Å². The van der Waals surface area contributed by atoms with Crippen molar-refractivity contribution in [3.05, 3.63) is 77.1 Å². The summed E-state index contributed by atoms with van der Waals surface area (Å²) in [7, 11) is 3.76. The summed E-state index contributed by atoms with van der Waals surface area (Å²) in [6.45, 7) is 1.39. The van der Waals surface area contributed by atoms with Crippen LogP contribution in [0.3, 0.4) is 0 Å². The lowest BCUT2D eigenvalue weighted by Gasteiger charge is -2.40. The van der Waals surface area contributed by atoms with Gasteiger partial charge in [-0.05, 0) is 37.7 Å². The van der Waals surface area contributed by atoms with Crippen molar-refractivity contribution in [3.8, 4) is 11.5 Å². The van der Waals surface area contributed by atoms with E-state index in [2.05, 4.69) is 20.2 Å². The number of anilines is 2. The van der Waals surface area contributed by atoms with Crippen molar-refractivity contribution >= 4 is 45.7 Å². The number of nitrogens with zero attached hydrogens (tertiary/aromatic N) is 3. The third-order valence-corrected chi connectivity index (χ3v) is 7.30. The number of likely N-dealkylation sites (tertiary alicyclic amines) is 1. The van der Waals surface area contributed by atoms with Gasteiger partial charge in [0.05, 0.1) is 33.5 Å². The lowest BCUT2D eigenvalue weighted by molar-refractivity contribution is -0.122. The molecule has 2 aliphatic heterocycles. The van der Waals surface area contributed by atoms with E-state index in [0.29, 0.717) is 52.3 Å². The number of fused-ring (bicyclic) bond motifs is 3. The van der Waals surface area contributed by atoms with Crippen LogP contribution in [-0.4, -0.2) is 59.3 Å². The largest absolute Gasteiger partial charge is 0.457 e. The van der Waals surface area contributed by atoms with Crippen LogP contribution in [0.25, 0.3) is 11.0 Å². The summed E-state index contributed by atoms with van der Waals surface area (Å²) in [6, 6.07) is 14.4. The van der Waals surface area contributed by atoms with Gasteiger partial charge in [-0.3, -0.25) is 9.59 Å². The minimum absolute atomic E-state index is 0.000890. The zero-order chi connectivity index (χ0) is 25.0. The van der Waals surface area contributed by atoms with E-state index in [1.807, 2.05) is 37.4 Å². The number of para-hydroxylation sites is 1. The average Bonchev–Trinajstić information content (AvgIpc) is 3.47. The third-order valence-electron chi connectivity index (χ3n) is 6.99. The number of ether oxygens (including phenoxy) is 1. The van der Waals surface area contributed by atoms with Gasteiger partial charge < -0.3 is 24.8 Å².